The highest BCUT2D eigenvalue weighted by Gasteiger charge is 2.41. The Balaban J connectivity index is 2.23. The highest BCUT2D eigenvalue weighted by molar-refractivity contribution is 6.30. The average Bonchev–Trinajstić information content (AvgIpc) is 2.69. The first kappa shape index (κ1) is 16.2. The van der Waals surface area contributed by atoms with Crippen LogP contribution < -0.4 is 5.32 Å². The first-order chi connectivity index (χ1) is 10.1. The molecule has 2 atom stereocenters. The van der Waals surface area contributed by atoms with Gasteiger partial charge in [-0.2, -0.15) is 0 Å². The van der Waals surface area contributed by atoms with Gasteiger partial charge in [-0.15, -0.1) is 0 Å². The zero-order valence-corrected chi connectivity index (χ0v) is 13.6. The number of methoxy groups -OCH3 is 1. The summed E-state index contributed by atoms with van der Waals surface area (Å²) in [6, 6.07) is 7.52. The molecule has 1 saturated carbocycles. The predicted octanol–water partition coefficient (Wildman–Crippen LogP) is 4.65. The fraction of sp³-hybridized carbons (Fsp3) is 0.588. The van der Waals surface area contributed by atoms with Crippen LogP contribution in [0.2, 0.25) is 5.02 Å². The lowest BCUT2D eigenvalue weighted by Gasteiger charge is -2.32. The quantitative estimate of drug-likeness (QED) is 0.649. The van der Waals surface area contributed by atoms with E-state index < -0.39 is 5.54 Å². The average molecular weight is 310 g/mol. The summed E-state index contributed by atoms with van der Waals surface area (Å²) in [4.78, 5) is 12.4. The maximum absolute atomic E-state index is 12.4. The third kappa shape index (κ3) is 3.91. The van der Waals surface area contributed by atoms with Crippen LogP contribution in [0.3, 0.4) is 0 Å². The smallest absolute Gasteiger partial charge is 0.331 e. The van der Waals surface area contributed by atoms with E-state index in [1.807, 2.05) is 24.3 Å². The first-order valence-electron chi connectivity index (χ1n) is 7.72. The summed E-state index contributed by atoms with van der Waals surface area (Å²) in [5.41, 5.74) is 0.256. The highest BCUT2D eigenvalue weighted by atomic mass is 35.5. The van der Waals surface area contributed by atoms with Crippen LogP contribution in [0.1, 0.15) is 45.4 Å². The first-order valence-corrected chi connectivity index (χ1v) is 8.09. The van der Waals surface area contributed by atoms with E-state index in [1.54, 1.807) is 0 Å². The summed E-state index contributed by atoms with van der Waals surface area (Å²) in [6.07, 6.45) is 6.08. The topological polar surface area (TPSA) is 38.3 Å². The predicted molar refractivity (Wildman–Crippen MR) is 86.7 cm³/mol. The van der Waals surface area contributed by atoms with Gasteiger partial charge in [0, 0.05) is 10.7 Å². The molecule has 1 aromatic carbocycles. The molecule has 0 bridgehead atoms. The van der Waals surface area contributed by atoms with Crippen molar-refractivity contribution >= 4 is 23.3 Å². The second-order valence-corrected chi connectivity index (χ2v) is 6.35. The van der Waals surface area contributed by atoms with E-state index in [0.717, 1.165) is 31.4 Å². The van der Waals surface area contributed by atoms with Gasteiger partial charge < -0.3 is 10.1 Å². The van der Waals surface area contributed by atoms with Crippen LogP contribution in [0.25, 0.3) is 0 Å². The van der Waals surface area contributed by atoms with Gasteiger partial charge in [-0.3, -0.25) is 0 Å². The van der Waals surface area contributed by atoms with Crippen molar-refractivity contribution in [3.05, 3.63) is 29.3 Å². The number of ether oxygens (including phenoxy) is 1. The molecule has 2 rings (SSSR count). The lowest BCUT2D eigenvalue weighted by Crippen LogP contribution is -2.46. The maximum Gasteiger partial charge on any atom is 0.331 e. The normalized spacial score (nSPS) is 26.0. The van der Waals surface area contributed by atoms with Crippen molar-refractivity contribution in [3.8, 4) is 0 Å². The number of carbonyl (C=O) groups is 1. The van der Waals surface area contributed by atoms with Crippen molar-refractivity contribution in [1.29, 1.82) is 0 Å². The van der Waals surface area contributed by atoms with E-state index in [-0.39, 0.29) is 5.97 Å². The van der Waals surface area contributed by atoms with Crippen molar-refractivity contribution in [2.45, 2.75) is 51.0 Å². The molecular weight excluding hydrogens is 286 g/mol. The van der Waals surface area contributed by atoms with Crippen LogP contribution in [0.5, 0.6) is 0 Å². The van der Waals surface area contributed by atoms with Crippen LogP contribution in [-0.4, -0.2) is 18.6 Å². The number of halogens is 1. The summed E-state index contributed by atoms with van der Waals surface area (Å²) in [5, 5.41) is 4.08. The van der Waals surface area contributed by atoms with E-state index in [1.165, 1.54) is 20.0 Å². The van der Waals surface area contributed by atoms with Gasteiger partial charge in [0.1, 0.15) is 5.54 Å². The molecule has 2 unspecified atom stereocenters. The minimum Gasteiger partial charge on any atom is -0.467 e. The summed E-state index contributed by atoms with van der Waals surface area (Å²) < 4.78 is 5.09. The van der Waals surface area contributed by atoms with E-state index in [2.05, 4.69) is 12.2 Å². The number of esters is 1. The second kappa shape index (κ2) is 7.17. The Morgan fingerprint density at radius 1 is 1.43 bits per heavy atom. The molecule has 0 spiro atoms. The van der Waals surface area contributed by atoms with Gasteiger partial charge in [0.2, 0.25) is 0 Å². The van der Waals surface area contributed by atoms with E-state index in [9.17, 15) is 4.79 Å². The van der Waals surface area contributed by atoms with Gasteiger partial charge in [-0.1, -0.05) is 43.9 Å². The Labute approximate surface area is 132 Å². The summed E-state index contributed by atoms with van der Waals surface area (Å²) in [5.74, 6) is 0.539. The van der Waals surface area contributed by atoms with Crippen molar-refractivity contribution in [2.24, 2.45) is 5.92 Å². The molecule has 0 aliphatic heterocycles. The van der Waals surface area contributed by atoms with Gasteiger partial charge in [0.05, 0.1) is 7.11 Å². The molecule has 0 saturated heterocycles. The Morgan fingerprint density at radius 3 is 2.90 bits per heavy atom. The molecule has 3 nitrogen and oxygen atoms in total. The number of hydrogen-bond acceptors (Lipinski definition) is 3. The molecule has 1 aliphatic carbocycles. The van der Waals surface area contributed by atoms with Crippen LogP contribution >= 0.6 is 11.6 Å². The largest absolute Gasteiger partial charge is 0.467 e. The highest BCUT2D eigenvalue weighted by Crippen LogP contribution is 2.35. The molecule has 1 fully saturated rings. The SMILES string of the molecule is CCC1CCCC(Nc2cccc(Cl)c2)(C(=O)OC)CC1. The monoisotopic (exact) mass is 309 g/mol. The Kier molecular flexibility index (Phi) is 5.51. The standard InChI is InChI=1S/C17H24ClNO2/c1-3-13-6-5-10-17(11-9-13,16(20)21-2)19-15-8-4-7-14(18)12-15/h4,7-8,12-13,19H,3,5-6,9-11H2,1-2H3. The molecule has 0 amide bonds. The van der Waals surface area contributed by atoms with Gasteiger partial charge in [-0.05, 0) is 43.4 Å². The zero-order chi connectivity index (χ0) is 15.3. The number of anilines is 1. The summed E-state index contributed by atoms with van der Waals surface area (Å²) in [7, 11) is 1.46. The number of hydrogen-bond donors (Lipinski definition) is 1. The Morgan fingerprint density at radius 2 is 2.24 bits per heavy atom. The molecule has 1 aromatic rings. The molecule has 1 aliphatic rings. The summed E-state index contributed by atoms with van der Waals surface area (Å²) >= 11 is 6.04. The van der Waals surface area contributed by atoms with Crippen LogP contribution in [0.15, 0.2) is 24.3 Å². The Bertz CT molecular complexity index is 491. The van der Waals surface area contributed by atoms with Crippen molar-refractivity contribution < 1.29 is 9.53 Å². The lowest BCUT2D eigenvalue weighted by molar-refractivity contribution is -0.146. The van der Waals surface area contributed by atoms with Crippen LogP contribution in [-0.2, 0) is 9.53 Å². The molecule has 4 heteroatoms. The van der Waals surface area contributed by atoms with Gasteiger partial charge in [0.15, 0.2) is 0 Å². The molecule has 1 N–H and O–H groups in total. The van der Waals surface area contributed by atoms with Gasteiger partial charge in [0.25, 0.3) is 0 Å². The van der Waals surface area contributed by atoms with Crippen LogP contribution in [0, 0.1) is 5.92 Å². The molecule has 0 aromatic heterocycles. The molecule has 0 heterocycles. The summed E-state index contributed by atoms with van der Waals surface area (Å²) in [6.45, 7) is 2.22. The lowest BCUT2D eigenvalue weighted by atomic mass is 9.88. The number of benzene rings is 1. The zero-order valence-electron chi connectivity index (χ0n) is 12.8. The second-order valence-electron chi connectivity index (χ2n) is 5.91. The number of rotatable bonds is 4. The number of nitrogens with one attached hydrogen (secondary N) is 1. The Hall–Kier alpha value is -1.22. The van der Waals surface area contributed by atoms with Gasteiger partial charge >= 0.3 is 5.97 Å². The van der Waals surface area contributed by atoms with Crippen molar-refractivity contribution in [2.75, 3.05) is 12.4 Å². The van der Waals surface area contributed by atoms with Crippen LogP contribution in [0.4, 0.5) is 5.69 Å². The van der Waals surface area contributed by atoms with E-state index >= 15 is 0 Å². The maximum atomic E-state index is 12.4. The van der Waals surface area contributed by atoms with Gasteiger partial charge in [-0.25, -0.2) is 4.79 Å². The third-order valence-corrected chi connectivity index (χ3v) is 4.79. The molecule has 116 valence electrons. The minimum atomic E-state index is -0.622. The molecule has 21 heavy (non-hydrogen) atoms. The molecular formula is C17H24ClNO2. The third-order valence-electron chi connectivity index (χ3n) is 4.56. The minimum absolute atomic E-state index is 0.167. The van der Waals surface area contributed by atoms with E-state index in [4.69, 9.17) is 16.3 Å². The molecule has 0 radical (unpaired) electrons. The fourth-order valence-corrected chi connectivity index (χ4v) is 3.43. The fourth-order valence-electron chi connectivity index (χ4n) is 3.24. The van der Waals surface area contributed by atoms with Crippen molar-refractivity contribution in [1.82, 2.24) is 0 Å². The van der Waals surface area contributed by atoms with E-state index in [0.29, 0.717) is 10.9 Å². The number of carbonyl (C=O) groups excluding carboxylic acids is 1. The van der Waals surface area contributed by atoms with Crippen molar-refractivity contribution in [3.63, 3.8) is 0 Å².